The molecule has 0 bridgehead atoms. The fourth-order valence-corrected chi connectivity index (χ4v) is 3.99. The highest BCUT2D eigenvalue weighted by Gasteiger charge is 2.40. The van der Waals surface area contributed by atoms with Crippen molar-refractivity contribution in [2.75, 3.05) is 0 Å². The van der Waals surface area contributed by atoms with Crippen molar-refractivity contribution >= 4 is 11.9 Å². The Morgan fingerprint density at radius 2 is 1.59 bits per heavy atom. The van der Waals surface area contributed by atoms with Crippen molar-refractivity contribution in [3.05, 3.63) is 64.7 Å². The number of nitrogens with two attached hydrogens (primary N) is 1. The predicted octanol–water partition coefficient (Wildman–Crippen LogP) is 4.28. The summed E-state index contributed by atoms with van der Waals surface area (Å²) in [5, 5.41) is 0. The number of amides is 1. The first-order valence-electron chi connectivity index (χ1n) is 9.34. The van der Waals surface area contributed by atoms with Crippen molar-refractivity contribution in [3.8, 4) is 5.75 Å². The van der Waals surface area contributed by atoms with Gasteiger partial charge in [0.25, 0.3) is 5.91 Å². The Morgan fingerprint density at radius 3 is 2.22 bits per heavy atom. The van der Waals surface area contributed by atoms with Crippen molar-refractivity contribution in [3.63, 3.8) is 0 Å². The van der Waals surface area contributed by atoms with Crippen LogP contribution in [-0.4, -0.2) is 11.9 Å². The van der Waals surface area contributed by atoms with Gasteiger partial charge < -0.3 is 10.5 Å². The lowest BCUT2D eigenvalue weighted by atomic mass is 9.62. The van der Waals surface area contributed by atoms with Gasteiger partial charge in [0, 0.05) is 0 Å². The van der Waals surface area contributed by atoms with Crippen LogP contribution in [0.15, 0.2) is 42.5 Å². The van der Waals surface area contributed by atoms with E-state index in [0.717, 1.165) is 29.5 Å². The molecular formula is C23H27NO3. The van der Waals surface area contributed by atoms with Crippen LogP contribution < -0.4 is 10.5 Å². The molecule has 4 nitrogen and oxygen atoms in total. The number of hydrogen-bond donors (Lipinski definition) is 1. The molecule has 0 saturated carbocycles. The van der Waals surface area contributed by atoms with Crippen LogP contribution in [0.5, 0.6) is 5.75 Å². The summed E-state index contributed by atoms with van der Waals surface area (Å²) in [7, 11) is 0. The smallest absolute Gasteiger partial charge is 0.315 e. The molecule has 0 fully saturated rings. The van der Waals surface area contributed by atoms with Gasteiger partial charge in [0.1, 0.15) is 5.75 Å². The maximum atomic E-state index is 12.4. The molecule has 1 aliphatic rings. The lowest BCUT2D eigenvalue weighted by Gasteiger charge is -2.42. The van der Waals surface area contributed by atoms with Gasteiger partial charge in [-0.3, -0.25) is 9.59 Å². The molecule has 0 radical (unpaired) electrons. The molecule has 1 aliphatic carbocycles. The van der Waals surface area contributed by atoms with Gasteiger partial charge in [0.05, 0.1) is 12.0 Å². The largest absolute Gasteiger partial charge is 0.425 e. The monoisotopic (exact) mass is 365 g/mol. The van der Waals surface area contributed by atoms with Gasteiger partial charge in [-0.2, -0.15) is 0 Å². The van der Waals surface area contributed by atoms with Crippen molar-refractivity contribution in [2.45, 2.75) is 57.8 Å². The molecule has 0 saturated heterocycles. The van der Waals surface area contributed by atoms with Gasteiger partial charge in [-0.1, -0.05) is 64.1 Å². The number of fused-ring (bicyclic) bond motifs is 1. The van der Waals surface area contributed by atoms with Gasteiger partial charge in [0.2, 0.25) is 0 Å². The number of ether oxygens (including phenoxy) is 1. The molecule has 0 unspecified atom stereocenters. The lowest BCUT2D eigenvalue weighted by Crippen LogP contribution is -2.36. The van der Waals surface area contributed by atoms with Gasteiger partial charge in [-0.25, -0.2) is 0 Å². The molecule has 4 heteroatoms. The second-order valence-corrected chi connectivity index (χ2v) is 8.63. The third kappa shape index (κ3) is 3.75. The van der Waals surface area contributed by atoms with Crippen LogP contribution in [0.2, 0.25) is 0 Å². The fourth-order valence-electron chi connectivity index (χ4n) is 3.99. The highest BCUT2D eigenvalue weighted by molar-refractivity contribution is 5.99. The van der Waals surface area contributed by atoms with E-state index in [1.807, 2.05) is 36.4 Å². The van der Waals surface area contributed by atoms with E-state index >= 15 is 0 Å². The van der Waals surface area contributed by atoms with Gasteiger partial charge >= 0.3 is 5.97 Å². The van der Waals surface area contributed by atoms with Gasteiger partial charge in [-0.05, 0) is 46.4 Å². The van der Waals surface area contributed by atoms with Crippen molar-refractivity contribution < 1.29 is 14.3 Å². The molecular weight excluding hydrogens is 338 g/mol. The minimum atomic E-state index is -0.555. The van der Waals surface area contributed by atoms with E-state index in [9.17, 15) is 9.59 Å². The molecule has 2 aromatic carbocycles. The number of hydrogen-bond acceptors (Lipinski definition) is 3. The third-order valence-electron chi connectivity index (χ3n) is 5.61. The number of carbonyl (C=O) groups excluding carboxylic acids is 2. The molecule has 0 atom stereocenters. The first-order valence-corrected chi connectivity index (χ1v) is 9.34. The van der Waals surface area contributed by atoms with Crippen LogP contribution in [-0.2, 0) is 22.0 Å². The van der Waals surface area contributed by atoms with Crippen molar-refractivity contribution in [1.29, 1.82) is 0 Å². The van der Waals surface area contributed by atoms with Gasteiger partial charge in [0.15, 0.2) is 0 Å². The number of primary amides is 1. The molecule has 27 heavy (non-hydrogen) atoms. The average Bonchev–Trinajstić information content (AvgIpc) is 2.59. The van der Waals surface area contributed by atoms with E-state index in [1.54, 1.807) is 6.07 Å². The summed E-state index contributed by atoms with van der Waals surface area (Å²) in [5.41, 5.74) is 8.70. The quantitative estimate of drug-likeness (QED) is 0.649. The molecule has 0 aliphatic heterocycles. The fraction of sp³-hybridized carbons (Fsp3) is 0.391. The van der Waals surface area contributed by atoms with Crippen LogP contribution in [0.3, 0.4) is 0 Å². The number of rotatable bonds is 4. The Morgan fingerprint density at radius 1 is 0.963 bits per heavy atom. The molecule has 1 amide bonds. The molecule has 0 aromatic heterocycles. The molecule has 0 heterocycles. The summed E-state index contributed by atoms with van der Waals surface area (Å²) in [6.07, 6.45) is 2.11. The van der Waals surface area contributed by atoms with E-state index in [0.29, 0.717) is 5.56 Å². The number of carbonyl (C=O) groups is 2. The normalized spacial score (nSPS) is 17.0. The Balaban J connectivity index is 2.02. The molecule has 142 valence electrons. The summed E-state index contributed by atoms with van der Waals surface area (Å²) in [4.78, 5) is 24.8. The first-order chi connectivity index (χ1) is 12.6. The first kappa shape index (κ1) is 19.2. The average molecular weight is 365 g/mol. The summed E-state index contributed by atoms with van der Waals surface area (Å²) in [6, 6.07) is 13.1. The highest BCUT2D eigenvalue weighted by atomic mass is 16.5. The van der Waals surface area contributed by atoms with Gasteiger partial charge in [-0.15, -0.1) is 0 Å². The van der Waals surface area contributed by atoms with Crippen LogP contribution in [0, 0.1) is 0 Å². The molecule has 3 rings (SSSR count). The van der Waals surface area contributed by atoms with E-state index in [2.05, 4.69) is 27.7 Å². The van der Waals surface area contributed by atoms with Crippen molar-refractivity contribution in [2.24, 2.45) is 5.73 Å². The number of benzene rings is 2. The minimum Gasteiger partial charge on any atom is -0.425 e. The maximum absolute atomic E-state index is 12.4. The molecule has 2 N–H and O–H groups in total. The zero-order valence-corrected chi connectivity index (χ0v) is 16.5. The van der Waals surface area contributed by atoms with E-state index in [1.165, 1.54) is 0 Å². The Kier molecular flexibility index (Phi) is 4.85. The highest BCUT2D eigenvalue weighted by Crippen LogP contribution is 2.48. The lowest BCUT2D eigenvalue weighted by molar-refractivity contribution is -0.133. The summed E-state index contributed by atoms with van der Waals surface area (Å²) in [6.45, 7) is 8.58. The summed E-state index contributed by atoms with van der Waals surface area (Å²) in [5.74, 6) is -0.704. The minimum absolute atomic E-state index is 0.0539. The Bertz CT molecular complexity index is 882. The van der Waals surface area contributed by atoms with E-state index in [-0.39, 0.29) is 23.0 Å². The van der Waals surface area contributed by atoms with Crippen molar-refractivity contribution in [1.82, 2.24) is 0 Å². The molecule has 2 aromatic rings. The second kappa shape index (κ2) is 6.84. The van der Waals surface area contributed by atoms with E-state index in [4.69, 9.17) is 10.5 Å². The predicted molar refractivity (Wildman–Crippen MR) is 106 cm³/mol. The maximum Gasteiger partial charge on any atom is 0.315 e. The summed E-state index contributed by atoms with van der Waals surface area (Å²) >= 11 is 0. The topological polar surface area (TPSA) is 69.4 Å². The SMILES string of the molecule is CC1(C)CCC(C)(C)c2c1ccc(OC(=O)Cc1ccccc1)c2C(N)=O. The van der Waals surface area contributed by atoms with Crippen LogP contribution in [0.25, 0.3) is 0 Å². The van der Waals surface area contributed by atoms with Crippen LogP contribution >= 0.6 is 0 Å². The Labute approximate surface area is 160 Å². The van der Waals surface area contributed by atoms with Crippen LogP contribution in [0.4, 0.5) is 0 Å². The Hall–Kier alpha value is -2.62. The van der Waals surface area contributed by atoms with E-state index < -0.39 is 11.9 Å². The van der Waals surface area contributed by atoms with Crippen LogP contribution in [0.1, 0.15) is 67.6 Å². The zero-order valence-electron chi connectivity index (χ0n) is 16.5. The second-order valence-electron chi connectivity index (χ2n) is 8.63. The zero-order chi connectivity index (χ0) is 19.8. The standard InChI is InChI=1S/C23H27NO3/c1-22(2)12-13-23(3,4)20-16(22)10-11-17(19(20)21(24)26)27-18(25)14-15-8-6-5-7-9-15/h5-11H,12-14H2,1-4H3,(H2,24,26). The summed E-state index contributed by atoms with van der Waals surface area (Å²) < 4.78 is 5.60. The third-order valence-corrected chi connectivity index (χ3v) is 5.61. The molecule has 0 spiro atoms. The number of esters is 1.